The van der Waals surface area contributed by atoms with Crippen molar-refractivity contribution in [3.05, 3.63) is 65.2 Å². The molecule has 0 radical (unpaired) electrons. The first kappa shape index (κ1) is 13.7. The molecular formula is C18H19NO2. The Morgan fingerprint density at radius 1 is 1.10 bits per heavy atom. The number of benzene rings is 2. The van der Waals surface area contributed by atoms with Crippen LogP contribution in [0.4, 0.5) is 0 Å². The average Bonchev–Trinajstić information content (AvgIpc) is 2.54. The largest absolute Gasteiger partial charge is 0.493 e. The summed E-state index contributed by atoms with van der Waals surface area (Å²) in [6.45, 7) is 1.37. The molecule has 0 aliphatic carbocycles. The van der Waals surface area contributed by atoms with E-state index in [4.69, 9.17) is 4.74 Å². The number of carbonyl (C=O) groups excluding carboxylic acids is 1. The Hall–Kier alpha value is -2.29. The Kier molecular flexibility index (Phi) is 4.20. The minimum Gasteiger partial charge on any atom is -0.493 e. The van der Waals surface area contributed by atoms with Gasteiger partial charge in [0.05, 0.1) is 13.0 Å². The molecule has 0 saturated heterocycles. The van der Waals surface area contributed by atoms with Gasteiger partial charge in [-0.15, -0.1) is 0 Å². The lowest BCUT2D eigenvalue weighted by Gasteiger charge is -2.17. The van der Waals surface area contributed by atoms with Gasteiger partial charge in [0.2, 0.25) is 5.91 Å². The highest BCUT2D eigenvalue weighted by atomic mass is 16.5. The van der Waals surface area contributed by atoms with Crippen LogP contribution < -0.4 is 10.1 Å². The molecule has 1 aliphatic heterocycles. The molecule has 1 N–H and O–H groups in total. The number of fused-ring (bicyclic) bond motifs is 1. The molecule has 1 aliphatic rings. The minimum atomic E-state index is 0.0514. The van der Waals surface area contributed by atoms with E-state index in [1.54, 1.807) is 0 Å². The average molecular weight is 281 g/mol. The van der Waals surface area contributed by atoms with E-state index in [1.807, 2.05) is 42.5 Å². The third kappa shape index (κ3) is 3.63. The molecule has 3 rings (SSSR count). The third-order valence-corrected chi connectivity index (χ3v) is 3.67. The topological polar surface area (TPSA) is 38.3 Å². The van der Waals surface area contributed by atoms with Crippen LogP contribution in [-0.2, 0) is 24.2 Å². The van der Waals surface area contributed by atoms with Gasteiger partial charge in [0.15, 0.2) is 0 Å². The van der Waals surface area contributed by atoms with Gasteiger partial charge in [0, 0.05) is 6.54 Å². The zero-order chi connectivity index (χ0) is 14.5. The normalized spacial score (nSPS) is 13.1. The summed E-state index contributed by atoms with van der Waals surface area (Å²) in [7, 11) is 0. The van der Waals surface area contributed by atoms with Crippen LogP contribution in [0.15, 0.2) is 48.5 Å². The lowest BCUT2D eigenvalue weighted by atomic mass is 10.0. The minimum absolute atomic E-state index is 0.0514. The van der Waals surface area contributed by atoms with Crippen LogP contribution in [0, 0.1) is 0 Å². The highest BCUT2D eigenvalue weighted by Crippen LogP contribution is 2.25. The first-order valence-corrected chi connectivity index (χ1v) is 7.36. The molecule has 1 amide bonds. The van der Waals surface area contributed by atoms with Crippen molar-refractivity contribution in [2.75, 3.05) is 6.61 Å². The molecule has 0 bridgehead atoms. The van der Waals surface area contributed by atoms with Crippen molar-refractivity contribution < 1.29 is 9.53 Å². The van der Waals surface area contributed by atoms with E-state index in [-0.39, 0.29) is 5.91 Å². The predicted octanol–water partition coefficient (Wildman–Crippen LogP) is 2.87. The summed E-state index contributed by atoms with van der Waals surface area (Å²) >= 11 is 0. The van der Waals surface area contributed by atoms with Crippen LogP contribution in [-0.4, -0.2) is 12.5 Å². The molecule has 0 spiro atoms. The quantitative estimate of drug-likeness (QED) is 0.936. The number of hydrogen-bond donors (Lipinski definition) is 1. The van der Waals surface area contributed by atoms with E-state index in [0.717, 1.165) is 36.3 Å². The zero-order valence-corrected chi connectivity index (χ0v) is 12.0. The van der Waals surface area contributed by atoms with Crippen LogP contribution in [0.1, 0.15) is 23.1 Å². The zero-order valence-electron chi connectivity index (χ0n) is 12.0. The van der Waals surface area contributed by atoms with E-state index >= 15 is 0 Å². The molecule has 0 saturated carbocycles. The van der Waals surface area contributed by atoms with Gasteiger partial charge in [-0.05, 0) is 35.6 Å². The van der Waals surface area contributed by atoms with Crippen molar-refractivity contribution in [2.45, 2.75) is 25.8 Å². The van der Waals surface area contributed by atoms with Crippen molar-refractivity contribution in [3.8, 4) is 5.75 Å². The molecule has 0 aromatic heterocycles. The molecule has 0 fully saturated rings. The molecular weight excluding hydrogens is 262 g/mol. The maximum Gasteiger partial charge on any atom is 0.224 e. The monoisotopic (exact) mass is 281 g/mol. The predicted molar refractivity (Wildman–Crippen MR) is 82.3 cm³/mol. The summed E-state index contributed by atoms with van der Waals surface area (Å²) in [5.74, 6) is 1.02. The van der Waals surface area contributed by atoms with E-state index in [0.29, 0.717) is 13.0 Å². The summed E-state index contributed by atoms with van der Waals surface area (Å²) in [6.07, 6.45) is 2.51. The Bertz CT molecular complexity index is 622. The van der Waals surface area contributed by atoms with Gasteiger partial charge in [-0.2, -0.15) is 0 Å². The van der Waals surface area contributed by atoms with Crippen LogP contribution >= 0.6 is 0 Å². The molecule has 2 aromatic carbocycles. The highest BCUT2D eigenvalue weighted by Gasteiger charge is 2.11. The molecule has 21 heavy (non-hydrogen) atoms. The van der Waals surface area contributed by atoms with Crippen LogP contribution in [0.25, 0.3) is 0 Å². The van der Waals surface area contributed by atoms with Gasteiger partial charge in [-0.3, -0.25) is 4.79 Å². The van der Waals surface area contributed by atoms with Crippen molar-refractivity contribution in [1.29, 1.82) is 0 Å². The maximum absolute atomic E-state index is 12.0. The summed E-state index contributed by atoms with van der Waals surface area (Å²) in [6, 6.07) is 16.0. The number of rotatable bonds is 4. The van der Waals surface area contributed by atoms with E-state index < -0.39 is 0 Å². The SMILES string of the molecule is O=C(Cc1ccc2c(c1)CCCO2)NCc1ccccc1. The lowest BCUT2D eigenvalue weighted by Crippen LogP contribution is -2.24. The number of carbonyl (C=O) groups is 1. The van der Waals surface area contributed by atoms with Crippen LogP contribution in [0.2, 0.25) is 0 Å². The van der Waals surface area contributed by atoms with Gasteiger partial charge in [0.1, 0.15) is 5.75 Å². The molecule has 2 aromatic rings. The van der Waals surface area contributed by atoms with Gasteiger partial charge >= 0.3 is 0 Å². The van der Waals surface area contributed by atoms with Crippen LogP contribution in [0.5, 0.6) is 5.75 Å². The fourth-order valence-corrected chi connectivity index (χ4v) is 2.57. The second-order valence-corrected chi connectivity index (χ2v) is 5.33. The Morgan fingerprint density at radius 3 is 2.81 bits per heavy atom. The fourth-order valence-electron chi connectivity index (χ4n) is 2.57. The first-order valence-electron chi connectivity index (χ1n) is 7.36. The molecule has 1 heterocycles. The molecule has 0 unspecified atom stereocenters. The van der Waals surface area contributed by atoms with Crippen molar-refractivity contribution in [2.24, 2.45) is 0 Å². The number of nitrogens with one attached hydrogen (secondary N) is 1. The van der Waals surface area contributed by atoms with E-state index in [1.165, 1.54) is 5.56 Å². The van der Waals surface area contributed by atoms with Gasteiger partial charge in [-0.25, -0.2) is 0 Å². The maximum atomic E-state index is 12.0. The number of amides is 1. The second-order valence-electron chi connectivity index (χ2n) is 5.33. The molecule has 0 atom stereocenters. The summed E-state index contributed by atoms with van der Waals surface area (Å²) < 4.78 is 5.59. The number of ether oxygens (including phenoxy) is 1. The molecule has 3 heteroatoms. The van der Waals surface area contributed by atoms with Gasteiger partial charge < -0.3 is 10.1 Å². The highest BCUT2D eigenvalue weighted by molar-refractivity contribution is 5.78. The van der Waals surface area contributed by atoms with Crippen molar-refractivity contribution in [3.63, 3.8) is 0 Å². The number of hydrogen-bond acceptors (Lipinski definition) is 2. The van der Waals surface area contributed by atoms with Crippen LogP contribution in [0.3, 0.4) is 0 Å². The summed E-state index contributed by atoms with van der Waals surface area (Å²) in [5, 5.41) is 2.96. The van der Waals surface area contributed by atoms with Crippen molar-refractivity contribution >= 4 is 5.91 Å². The summed E-state index contributed by atoms with van der Waals surface area (Å²) in [4.78, 5) is 12.0. The fraction of sp³-hybridized carbons (Fsp3) is 0.278. The smallest absolute Gasteiger partial charge is 0.224 e. The Labute approximate surface area is 124 Å². The molecule has 108 valence electrons. The van der Waals surface area contributed by atoms with E-state index in [2.05, 4.69) is 11.4 Å². The number of aryl methyl sites for hydroxylation is 1. The summed E-state index contributed by atoms with van der Waals surface area (Å²) in [5.41, 5.74) is 3.38. The molecule has 3 nitrogen and oxygen atoms in total. The van der Waals surface area contributed by atoms with Crippen molar-refractivity contribution in [1.82, 2.24) is 5.32 Å². The van der Waals surface area contributed by atoms with E-state index in [9.17, 15) is 4.79 Å². The second kappa shape index (κ2) is 6.44. The first-order chi connectivity index (χ1) is 10.3. The Morgan fingerprint density at radius 2 is 1.95 bits per heavy atom. The Balaban J connectivity index is 1.57. The third-order valence-electron chi connectivity index (χ3n) is 3.67. The van der Waals surface area contributed by atoms with Gasteiger partial charge in [0.25, 0.3) is 0 Å². The lowest BCUT2D eigenvalue weighted by molar-refractivity contribution is -0.120. The standard InChI is InChI=1S/C18H19NO2/c20-18(19-13-14-5-2-1-3-6-14)12-15-8-9-17-16(11-15)7-4-10-21-17/h1-3,5-6,8-9,11H,4,7,10,12-13H2,(H,19,20). The van der Waals surface area contributed by atoms with Gasteiger partial charge in [-0.1, -0.05) is 42.5 Å².